The molecule has 4 heteroatoms. The summed E-state index contributed by atoms with van der Waals surface area (Å²) in [6.45, 7) is 0.920. The number of fused-ring (bicyclic) bond motifs is 1. The van der Waals surface area contributed by atoms with E-state index in [0.29, 0.717) is 5.75 Å². The molecule has 0 amide bonds. The zero-order valence-corrected chi connectivity index (χ0v) is 13.1. The Kier molecular flexibility index (Phi) is 4.03. The number of ether oxygens (including phenoxy) is 2. The summed E-state index contributed by atoms with van der Waals surface area (Å²) >= 11 is 0. The molecule has 0 aliphatic carbocycles. The minimum Gasteiger partial charge on any atom is -0.493 e. The van der Waals surface area contributed by atoms with E-state index in [0.717, 1.165) is 29.8 Å². The monoisotopic (exact) mass is 301 g/mol. The van der Waals surface area contributed by atoms with E-state index >= 15 is 0 Å². The number of nitrogens with zero attached hydrogens (tertiary/aromatic N) is 1. The van der Waals surface area contributed by atoms with Gasteiger partial charge in [-0.2, -0.15) is 0 Å². The van der Waals surface area contributed by atoms with E-state index in [1.165, 1.54) is 11.6 Å². The quantitative estimate of drug-likeness (QED) is 0.867. The van der Waals surface area contributed by atoms with Gasteiger partial charge in [-0.05, 0) is 54.4 Å². The highest BCUT2D eigenvalue weighted by molar-refractivity contribution is 5.51. The molecule has 116 valence electrons. The Morgan fingerprint density at radius 3 is 2.50 bits per heavy atom. The molecule has 22 heavy (non-hydrogen) atoms. The van der Waals surface area contributed by atoms with Gasteiger partial charge in [0.2, 0.25) is 0 Å². The summed E-state index contributed by atoms with van der Waals surface area (Å²) in [5.41, 5.74) is 3.33. The van der Waals surface area contributed by atoms with Crippen LogP contribution in [0, 0.1) is 5.82 Å². The summed E-state index contributed by atoms with van der Waals surface area (Å²) in [4.78, 5) is 2.24. The van der Waals surface area contributed by atoms with Gasteiger partial charge in [-0.15, -0.1) is 0 Å². The molecule has 0 unspecified atom stereocenters. The largest absolute Gasteiger partial charge is 0.493 e. The van der Waals surface area contributed by atoms with Crippen molar-refractivity contribution in [3.63, 3.8) is 0 Å². The van der Waals surface area contributed by atoms with Crippen LogP contribution in [0.5, 0.6) is 11.5 Å². The Bertz CT molecular complexity index is 687. The van der Waals surface area contributed by atoms with E-state index in [4.69, 9.17) is 9.47 Å². The smallest absolute Gasteiger partial charge is 0.161 e. The van der Waals surface area contributed by atoms with Crippen LogP contribution in [0.3, 0.4) is 0 Å². The number of hydrogen-bond acceptors (Lipinski definition) is 3. The lowest BCUT2D eigenvalue weighted by atomic mass is 9.88. The van der Waals surface area contributed by atoms with Crippen LogP contribution in [0.25, 0.3) is 0 Å². The number of methoxy groups -OCH3 is 2. The van der Waals surface area contributed by atoms with Gasteiger partial charge < -0.3 is 9.47 Å². The van der Waals surface area contributed by atoms with Gasteiger partial charge >= 0.3 is 0 Å². The van der Waals surface area contributed by atoms with Crippen molar-refractivity contribution in [3.05, 3.63) is 58.9 Å². The molecule has 0 saturated carbocycles. The van der Waals surface area contributed by atoms with Crippen molar-refractivity contribution < 1.29 is 13.9 Å². The first kappa shape index (κ1) is 14.9. The molecule has 2 aromatic carbocycles. The van der Waals surface area contributed by atoms with Crippen molar-refractivity contribution in [1.29, 1.82) is 0 Å². The SMILES string of the molecule is COc1cc2c(cc1OC)[C@H](c1cccc(F)c1)N(C)CC2. The Labute approximate surface area is 130 Å². The maximum Gasteiger partial charge on any atom is 0.161 e. The standard InChI is InChI=1S/C18H20FNO2/c1-20-8-7-12-10-16(21-2)17(22-3)11-15(12)18(20)13-5-4-6-14(19)9-13/h4-6,9-11,18H,7-8H2,1-3H3/t18-/m0/s1. The summed E-state index contributed by atoms with van der Waals surface area (Å²) < 4.78 is 24.4. The molecule has 0 saturated heterocycles. The van der Waals surface area contributed by atoms with Gasteiger partial charge in [0.1, 0.15) is 5.82 Å². The molecular weight excluding hydrogens is 281 g/mol. The molecule has 0 radical (unpaired) electrons. The van der Waals surface area contributed by atoms with Crippen molar-refractivity contribution >= 4 is 0 Å². The predicted molar refractivity (Wildman–Crippen MR) is 84.1 cm³/mol. The number of halogens is 1. The number of benzene rings is 2. The van der Waals surface area contributed by atoms with E-state index in [1.807, 2.05) is 18.2 Å². The number of hydrogen-bond donors (Lipinski definition) is 0. The third-order valence-corrected chi connectivity index (χ3v) is 4.28. The van der Waals surface area contributed by atoms with Gasteiger partial charge in [0, 0.05) is 6.54 Å². The molecule has 3 rings (SSSR count). The van der Waals surface area contributed by atoms with Gasteiger partial charge in [0.15, 0.2) is 11.5 Å². The van der Waals surface area contributed by atoms with E-state index in [9.17, 15) is 4.39 Å². The molecule has 1 heterocycles. The molecule has 0 N–H and O–H groups in total. The van der Waals surface area contributed by atoms with E-state index < -0.39 is 0 Å². The second-order valence-corrected chi connectivity index (χ2v) is 5.59. The summed E-state index contributed by atoms with van der Waals surface area (Å²) in [6.07, 6.45) is 0.942. The molecule has 0 spiro atoms. The van der Waals surface area contributed by atoms with Gasteiger partial charge in [-0.3, -0.25) is 4.90 Å². The fraction of sp³-hybridized carbons (Fsp3) is 0.333. The second-order valence-electron chi connectivity index (χ2n) is 5.59. The maximum absolute atomic E-state index is 13.6. The normalized spacial score (nSPS) is 17.9. The van der Waals surface area contributed by atoms with Gasteiger partial charge in [-0.25, -0.2) is 4.39 Å². The summed E-state index contributed by atoms with van der Waals surface area (Å²) in [5, 5.41) is 0. The average molecular weight is 301 g/mol. The topological polar surface area (TPSA) is 21.7 Å². The highest BCUT2D eigenvalue weighted by Crippen LogP contribution is 2.40. The number of rotatable bonds is 3. The third kappa shape index (κ3) is 2.55. The molecule has 0 fully saturated rings. The lowest BCUT2D eigenvalue weighted by molar-refractivity contribution is 0.262. The number of likely N-dealkylation sites (N-methyl/N-ethyl adjacent to an activating group) is 1. The van der Waals surface area contributed by atoms with Crippen LogP contribution < -0.4 is 9.47 Å². The van der Waals surface area contributed by atoms with Crippen molar-refractivity contribution in [2.24, 2.45) is 0 Å². The Morgan fingerprint density at radius 2 is 1.82 bits per heavy atom. The fourth-order valence-electron chi connectivity index (χ4n) is 3.18. The van der Waals surface area contributed by atoms with Crippen molar-refractivity contribution in [2.75, 3.05) is 27.8 Å². The lowest BCUT2D eigenvalue weighted by Gasteiger charge is -2.35. The van der Waals surface area contributed by atoms with E-state index in [-0.39, 0.29) is 11.9 Å². The van der Waals surface area contributed by atoms with Crippen molar-refractivity contribution in [3.8, 4) is 11.5 Å². The van der Waals surface area contributed by atoms with Crippen molar-refractivity contribution in [1.82, 2.24) is 4.90 Å². The lowest BCUT2D eigenvalue weighted by Crippen LogP contribution is -2.33. The van der Waals surface area contributed by atoms with E-state index in [1.54, 1.807) is 26.4 Å². The van der Waals surface area contributed by atoms with E-state index in [2.05, 4.69) is 11.9 Å². The van der Waals surface area contributed by atoms with Crippen molar-refractivity contribution in [2.45, 2.75) is 12.5 Å². The van der Waals surface area contributed by atoms with Crippen LogP contribution >= 0.6 is 0 Å². The first-order valence-electron chi connectivity index (χ1n) is 7.34. The Morgan fingerprint density at radius 1 is 1.09 bits per heavy atom. The zero-order valence-electron chi connectivity index (χ0n) is 13.1. The van der Waals surface area contributed by atoms with Gasteiger partial charge in [0.25, 0.3) is 0 Å². The van der Waals surface area contributed by atoms with Crippen LogP contribution in [0.4, 0.5) is 4.39 Å². The molecule has 3 nitrogen and oxygen atoms in total. The highest BCUT2D eigenvalue weighted by Gasteiger charge is 2.28. The van der Waals surface area contributed by atoms with Gasteiger partial charge in [0.05, 0.1) is 20.3 Å². The summed E-state index contributed by atoms with van der Waals surface area (Å²) in [7, 11) is 5.34. The minimum atomic E-state index is -0.210. The summed E-state index contributed by atoms with van der Waals surface area (Å²) in [5.74, 6) is 1.24. The molecule has 0 bridgehead atoms. The summed E-state index contributed by atoms with van der Waals surface area (Å²) in [6, 6.07) is 10.9. The third-order valence-electron chi connectivity index (χ3n) is 4.28. The second kappa shape index (κ2) is 5.97. The molecular formula is C18H20FNO2. The molecule has 2 aromatic rings. The molecule has 0 aromatic heterocycles. The predicted octanol–water partition coefficient (Wildman–Crippen LogP) is 3.42. The average Bonchev–Trinajstić information content (AvgIpc) is 2.53. The molecule has 1 aliphatic rings. The Hall–Kier alpha value is -2.07. The first-order valence-corrected chi connectivity index (χ1v) is 7.34. The van der Waals surface area contributed by atoms with Crippen LogP contribution in [-0.4, -0.2) is 32.7 Å². The van der Waals surface area contributed by atoms with Crippen LogP contribution in [0.1, 0.15) is 22.7 Å². The molecule has 1 aliphatic heterocycles. The minimum absolute atomic E-state index is 0.0271. The van der Waals surface area contributed by atoms with Crippen LogP contribution in [0.2, 0.25) is 0 Å². The van der Waals surface area contributed by atoms with Crippen LogP contribution in [-0.2, 0) is 6.42 Å². The molecule has 1 atom stereocenters. The highest BCUT2D eigenvalue weighted by atomic mass is 19.1. The first-order chi connectivity index (χ1) is 10.6. The fourth-order valence-corrected chi connectivity index (χ4v) is 3.18. The van der Waals surface area contributed by atoms with Gasteiger partial charge in [-0.1, -0.05) is 12.1 Å². The maximum atomic E-state index is 13.6. The zero-order chi connectivity index (χ0) is 15.7. The van der Waals surface area contributed by atoms with Crippen LogP contribution in [0.15, 0.2) is 36.4 Å². The Balaban J connectivity index is 2.13.